The standard InChI is InChI=1S/C7H12OS2/c1-6(8)4-5-7(9-2)10-3/h4-5,7H,1-3H3. The van der Waals surface area contributed by atoms with E-state index in [-0.39, 0.29) is 5.78 Å². The van der Waals surface area contributed by atoms with Gasteiger partial charge < -0.3 is 0 Å². The molecule has 0 unspecified atom stereocenters. The molecule has 0 rings (SSSR count). The van der Waals surface area contributed by atoms with Crippen LogP contribution in [0, 0.1) is 0 Å². The summed E-state index contributed by atoms with van der Waals surface area (Å²) in [6.45, 7) is 1.56. The maximum absolute atomic E-state index is 10.5. The van der Waals surface area contributed by atoms with Crippen molar-refractivity contribution in [2.75, 3.05) is 12.5 Å². The van der Waals surface area contributed by atoms with Crippen molar-refractivity contribution >= 4 is 29.3 Å². The van der Waals surface area contributed by atoms with Crippen molar-refractivity contribution in [1.82, 2.24) is 0 Å². The third-order valence-electron chi connectivity index (χ3n) is 0.953. The molecule has 0 bridgehead atoms. The zero-order valence-corrected chi connectivity index (χ0v) is 8.09. The van der Waals surface area contributed by atoms with Crippen molar-refractivity contribution in [1.29, 1.82) is 0 Å². The van der Waals surface area contributed by atoms with E-state index >= 15 is 0 Å². The van der Waals surface area contributed by atoms with Gasteiger partial charge in [0.05, 0.1) is 4.58 Å². The zero-order chi connectivity index (χ0) is 7.98. The highest BCUT2D eigenvalue weighted by Crippen LogP contribution is 2.19. The third-order valence-corrected chi connectivity index (χ3v) is 3.35. The van der Waals surface area contributed by atoms with Crippen molar-refractivity contribution in [2.24, 2.45) is 0 Å². The number of thioether (sulfide) groups is 2. The molecule has 0 heterocycles. The zero-order valence-electron chi connectivity index (χ0n) is 6.46. The van der Waals surface area contributed by atoms with Gasteiger partial charge in [0, 0.05) is 0 Å². The van der Waals surface area contributed by atoms with Gasteiger partial charge in [-0.3, -0.25) is 4.79 Å². The first-order valence-electron chi connectivity index (χ1n) is 2.95. The monoisotopic (exact) mass is 176 g/mol. The minimum atomic E-state index is 0.119. The van der Waals surface area contributed by atoms with Crippen LogP contribution in [-0.4, -0.2) is 22.9 Å². The van der Waals surface area contributed by atoms with Crippen LogP contribution >= 0.6 is 23.5 Å². The van der Waals surface area contributed by atoms with Crippen LogP contribution in [0.1, 0.15) is 6.92 Å². The summed E-state index contributed by atoms with van der Waals surface area (Å²) in [4.78, 5) is 10.5. The first-order chi connectivity index (χ1) is 4.70. The molecule has 58 valence electrons. The molecule has 0 spiro atoms. The average Bonchev–Trinajstić information content (AvgIpc) is 1.90. The molecular weight excluding hydrogens is 164 g/mol. The summed E-state index contributed by atoms with van der Waals surface area (Å²) in [5.41, 5.74) is 0. The molecule has 0 atom stereocenters. The Morgan fingerprint density at radius 3 is 2.20 bits per heavy atom. The maximum Gasteiger partial charge on any atom is 0.152 e. The Balaban J connectivity index is 3.72. The summed E-state index contributed by atoms with van der Waals surface area (Å²) in [6.07, 6.45) is 7.62. The van der Waals surface area contributed by atoms with Crippen LogP contribution in [0.25, 0.3) is 0 Å². The van der Waals surface area contributed by atoms with Crippen molar-refractivity contribution in [3.05, 3.63) is 12.2 Å². The smallest absolute Gasteiger partial charge is 0.152 e. The lowest BCUT2D eigenvalue weighted by Crippen LogP contribution is -1.90. The SMILES string of the molecule is CSC(C=CC(C)=O)SC. The second-order valence-electron chi connectivity index (χ2n) is 1.81. The van der Waals surface area contributed by atoms with Gasteiger partial charge in [-0.2, -0.15) is 0 Å². The molecular formula is C7H12OS2. The highest BCUT2D eigenvalue weighted by atomic mass is 32.2. The average molecular weight is 176 g/mol. The molecule has 0 radical (unpaired) electrons. The van der Waals surface area contributed by atoms with Gasteiger partial charge in [0.25, 0.3) is 0 Å². The molecule has 0 saturated carbocycles. The minimum Gasteiger partial charge on any atom is -0.295 e. The van der Waals surface area contributed by atoms with E-state index in [2.05, 4.69) is 0 Å². The van der Waals surface area contributed by atoms with E-state index in [0.29, 0.717) is 4.58 Å². The second-order valence-corrected chi connectivity index (χ2v) is 4.07. The summed E-state index contributed by atoms with van der Waals surface area (Å²) in [5.74, 6) is 0.119. The van der Waals surface area contributed by atoms with Gasteiger partial charge in [-0.1, -0.05) is 6.08 Å². The van der Waals surface area contributed by atoms with Gasteiger partial charge in [0.2, 0.25) is 0 Å². The van der Waals surface area contributed by atoms with E-state index < -0.39 is 0 Å². The van der Waals surface area contributed by atoms with Crippen molar-refractivity contribution in [3.63, 3.8) is 0 Å². The predicted molar refractivity (Wildman–Crippen MR) is 50.6 cm³/mol. The molecule has 10 heavy (non-hydrogen) atoms. The molecule has 0 aromatic carbocycles. The van der Waals surface area contributed by atoms with Gasteiger partial charge in [0.15, 0.2) is 5.78 Å². The summed E-state index contributed by atoms with van der Waals surface area (Å²) < 4.78 is 0.420. The third kappa shape index (κ3) is 4.94. The van der Waals surface area contributed by atoms with E-state index in [4.69, 9.17) is 0 Å². The quantitative estimate of drug-likeness (QED) is 0.483. The fourth-order valence-corrected chi connectivity index (χ4v) is 1.71. The van der Waals surface area contributed by atoms with Crippen molar-refractivity contribution in [3.8, 4) is 0 Å². The highest BCUT2D eigenvalue weighted by Gasteiger charge is 1.97. The van der Waals surface area contributed by atoms with E-state index in [9.17, 15) is 4.79 Å². The van der Waals surface area contributed by atoms with Crippen molar-refractivity contribution in [2.45, 2.75) is 11.5 Å². The predicted octanol–water partition coefficient (Wildman–Crippen LogP) is 2.18. The summed E-state index contributed by atoms with van der Waals surface area (Å²) in [7, 11) is 0. The Kier molecular flexibility index (Phi) is 5.93. The Hall–Kier alpha value is 0.110. The molecule has 0 fully saturated rings. The Labute approximate surface area is 70.6 Å². The Morgan fingerprint density at radius 1 is 1.40 bits per heavy atom. The van der Waals surface area contributed by atoms with Crippen LogP contribution in [0.15, 0.2) is 12.2 Å². The lowest BCUT2D eigenvalue weighted by atomic mass is 10.4. The number of rotatable bonds is 4. The molecule has 0 saturated heterocycles. The molecule has 0 aromatic rings. The molecule has 0 aliphatic carbocycles. The van der Waals surface area contributed by atoms with Gasteiger partial charge >= 0.3 is 0 Å². The minimum absolute atomic E-state index is 0.119. The molecule has 3 heteroatoms. The van der Waals surface area contributed by atoms with E-state index in [1.807, 2.05) is 18.6 Å². The first kappa shape index (κ1) is 10.1. The summed E-state index contributed by atoms with van der Waals surface area (Å²) in [5, 5.41) is 0. The van der Waals surface area contributed by atoms with Gasteiger partial charge in [-0.05, 0) is 25.5 Å². The van der Waals surface area contributed by atoms with Gasteiger partial charge in [0.1, 0.15) is 0 Å². The van der Waals surface area contributed by atoms with Crippen LogP contribution in [0.2, 0.25) is 0 Å². The lowest BCUT2D eigenvalue weighted by Gasteiger charge is -2.02. The fourth-order valence-electron chi connectivity index (χ4n) is 0.467. The Bertz CT molecular complexity index is 128. The number of hydrogen-bond acceptors (Lipinski definition) is 3. The van der Waals surface area contributed by atoms with Gasteiger partial charge in [-0.15, -0.1) is 23.5 Å². The number of carbonyl (C=O) groups excluding carboxylic acids is 1. The highest BCUT2D eigenvalue weighted by molar-refractivity contribution is 8.16. The molecule has 0 aromatic heterocycles. The van der Waals surface area contributed by atoms with E-state index in [0.717, 1.165) is 0 Å². The summed E-state index contributed by atoms with van der Waals surface area (Å²) in [6, 6.07) is 0. The topological polar surface area (TPSA) is 17.1 Å². The second kappa shape index (κ2) is 5.86. The molecule has 0 aliphatic rings. The molecule has 1 nitrogen and oxygen atoms in total. The van der Waals surface area contributed by atoms with Crippen LogP contribution < -0.4 is 0 Å². The van der Waals surface area contributed by atoms with E-state index in [1.54, 1.807) is 36.5 Å². The number of hydrogen-bond donors (Lipinski definition) is 0. The van der Waals surface area contributed by atoms with Crippen LogP contribution in [0.5, 0.6) is 0 Å². The van der Waals surface area contributed by atoms with Crippen molar-refractivity contribution < 1.29 is 4.79 Å². The van der Waals surface area contributed by atoms with Crippen LogP contribution in [-0.2, 0) is 4.79 Å². The maximum atomic E-state index is 10.5. The number of allylic oxidation sites excluding steroid dienone is 1. The molecule has 0 N–H and O–H groups in total. The normalized spacial score (nSPS) is 11.2. The van der Waals surface area contributed by atoms with Crippen LogP contribution in [0.3, 0.4) is 0 Å². The number of ketones is 1. The van der Waals surface area contributed by atoms with Crippen LogP contribution in [0.4, 0.5) is 0 Å². The lowest BCUT2D eigenvalue weighted by molar-refractivity contribution is -0.112. The van der Waals surface area contributed by atoms with Gasteiger partial charge in [-0.25, -0.2) is 0 Å². The first-order valence-corrected chi connectivity index (χ1v) is 5.52. The summed E-state index contributed by atoms with van der Waals surface area (Å²) >= 11 is 3.47. The largest absolute Gasteiger partial charge is 0.295 e. The molecule has 0 amide bonds. The Morgan fingerprint density at radius 2 is 1.90 bits per heavy atom. The fraction of sp³-hybridized carbons (Fsp3) is 0.571. The van der Waals surface area contributed by atoms with E-state index in [1.165, 1.54) is 0 Å². The molecule has 0 aliphatic heterocycles. The number of carbonyl (C=O) groups is 1.